The van der Waals surface area contributed by atoms with Crippen molar-refractivity contribution in [3.05, 3.63) is 33.4 Å². The SMILES string of the molecule is OCC1(NCc2ccc(I)cc2)CCC1. The average molecular weight is 317 g/mol. The molecule has 0 saturated heterocycles. The highest BCUT2D eigenvalue weighted by Crippen LogP contribution is 2.31. The van der Waals surface area contributed by atoms with Crippen LogP contribution >= 0.6 is 22.6 Å². The quantitative estimate of drug-likeness (QED) is 0.835. The molecular weight excluding hydrogens is 301 g/mol. The molecule has 0 aliphatic heterocycles. The van der Waals surface area contributed by atoms with Gasteiger partial charge in [0.25, 0.3) is 0 Å². The van der Waals surface area contributed by atoms with E-state index >= 15 is 0 Å². The number of rotatable bonds is 4. The summed E-state index contributed by atoms with van der Waals surface area (Å²) >= 11 is 2.31. The van der Waals surface area contributed by atoms with Crippen LogP contribution in [0.15, 0.2) is 24.3 Å². The number of benzene rings is 1. The summed E-state index contributed by atoms with van der Waals surface area (Å²) in [5.74, 6) is 0. The first-order valence-electron chi connectivity index (χ1n) is 5.34. The third-order valence-corrected chi connectivity index (χ3v) is 3.91. The van der Waals surface area contributed by atoms with Crippen LogP contribution in [0.5, 0.6) is 0 Å². The number of aliphatic hydroxyl groups is 1. The van der Waals surface area contributed by atoms with E-state index in [0.717, 1.165) is 19.4 Å². The molecule has 0 heterocycles. The van der Waals surface area contributed by atoms with E-state index < -0.39 is 0 Å². The Hall–Kier alpha value is -0.130. The second-order valence-corrected chi connectivity index (χ2v) is 5.52. The molecule has 0 unspecified atom stereocenters. The number of halogens is 1. The highest BCUT2D eigenvalue weighted by molar-refractivity contribution is 14.1. The van der Waals surface area contributed by atoms with Gasteiger partial charge in [0.05, 0.1) is 6.61 Å². The standard InChI is InChI=1S/C12H16INO/c13-11-4-2-10(3-5-11)8-14-12(9-15)6-1-7-12/h2-5,14-15H,1,6-9H2. The molecule has 0 bridgehead atoms. The lowest BCUT2D eigenvalue weighted by Gasteiger charge is -2.41. The van der Waals surface area contributed by atoms with Crippen LogP contribution in [-0.4, -0.2) is 17.3 Å². The first-order valence-corrected chi connectivity index (χ1v) is 6.42. The summed E-state index contributed by atoms with van der Waals surface area (Å²) in [5.41, 5.74) is 1.30. The number of nitrogens with one attached hydrogen (secondary N) is 1. The smallest absolute Gasteiger partial charge is 0.0613 e. The highest BCUT2D eigenvalue weighted by Gasteiger charge is 2.35. The van der Waals surface area contributed by atoms with Crippen molar-refractivity contribution in [1.82, 2.24) is 5.32 Å². The van der Waals surface area contributed by atoms with Crippen molar-refractivity contribution < 1.29 is 5.11 Å². The zero-order valence-corrected chi connectivity index (χ0v) is 10.8. The van der Waals surface area contributed by atoms with Crippen molar-refractivity contribution in [2.45, 2.75) is 31.3 Å². The molecule has 82 valence electrons. The van der Waals surface area contributed by atoms with Crippen LogP contribution in [0.1, 0.15) is 24.8 Å². The fraction of sp³-hybridized carbons (Fsp3) is 0.500. The molecule has 1 aliphatic carbocycles. The van der Waals surface area contributed by atoms with Crippen LogP contribution in [0.4, 0.5) is 0 Å². The molecule has 1 aromatic carbocycles. The van der Waals surface area contributed by atoms with Crippen molar-refractivity contribution in [3.8, 4) is 0 Å². The van der Waals surface area contributed by atoms with Crippen molar-refractivity contribution in [2.24, 2.45) is 0 Å². The predicted octanol–water partition coefficient (Wildman–Crippen LogP) is 2.30. The maximum absolute atomic E-state index is 9.29. The molecule has 1 fully saturated rings. The third-order valence-electron chi connectivity index (χ3n) is 3.19. The first-order chi connectivity index (χ1) is 7.24. The molecule has 0 atom stereocenters. The van der Waals surface area contributed by atoms with E-state index in [-0.39, 0.29) is 12.1 Å². The zero-order chi connectivity index (χ0) is 10.7. The maximum atomic E-state index is 9.29. The van der Waals surface area contributed by atoms with Crippen molar-refractivity contribution in [3.63, 3.8) is 0 Å². The summed E-state index contributed by atoms with van der Waals surface area (Å²) in [4.78, 5) is 0. The number of hydrogen-bond acceptors (Lipinski definition) is 2. The molecule has 0 spiro atoms. The van der Waals surface area contributed by atoms with Gasteiger partial charge in [-0.1, -0.05) is 12.1 Å². The Kier molecular flexibility index (Phi) is 3.64. The Labute approximate surface area is 104 Å². The minimum absolute atomic E-state index is 0.0169. The van der Waals surface area contributed by atoms with E-state index in [0.29, 0.717) is 0 Å². The van der Waals surface area contributed by atoms with Gasteiger partial charge >= 0.3 is 0 Å². The molecular formula is C12H16INO. The van der Waals surface area contributed by atoms with Crippen LogP contribution in [0, 0.1) is 3.57 Å². The predicted molar refractivity (Wildman–Crippen MR) is 69.7 cm³/mol. The molecule has 3 heteroatoms. The normalized spacial score (nSPS) is 18.5. The molecule has 0 amide bonds. The zero-order valence-electron chi connectivity index (χ0n) is 8.67. The van der Waals surface area contributed by atoms with Gasteiger partial charge in [0.15, 0.2) is 0 Å². The summed E-state index contributed by atoms with van der Waals surface area (Å²) in [6.07, 6.45) is 3.45. The summed E-state index contributed by atoms with van der Waals surface area (Å²) < 4.78 is 1.26. The van der Waals surface area contributed by atoms with E-state index in [1.807, 2.05) is 0 Å². The van der Waals surface area contributed by atoms with Crippen molar-refractivity contribution in [1.29, 1.82) is 0 Å². The Balaban J connectivity index is 1.90. The molecule has 2 nitrogen and oxygen atoms in total. The van der Waals surface area contributed by atoms with Gasteiger partial charge in [0, 0.05) is 15.7 Å². The average Bonchev–Trinajstić information content (AvgIpc) is 2.20. The van der Waals surface area contributed by atoms with E-state index in [4.69, 9.17) is 0 Å². The largest absolute Gasteiger partial charge is 0.394 e. The Morgan fingerprint density at radius 2 is 1.93 bits per heavy atom. The van der Waals surface area contributed by atoms with E-state index in [2.05, 4.69) is 52.2 Å². The van der Waals surface area contributed by atoms with E-state index in [9.17, 15) is 5.11 Å². The molecule has 0 radical (unpaired) electrons. The van der Waals surface area contributed by atoms with Gasteiger partial charge in [0.1, 0.15) is 0 Å². The van der Waals surface area contributed by atoms with Gasteiger partial charge in [-0.3, -0.25) is 0 Å². The van der Waals surface area contributed by atoms with Crippen LogP contribution in [0.2, 0.25) is 0 Å². The monoisotopic (exact) mass is 317 g/mol. The van der Waals surface area contributed by atoms with E-state index in [1.165, 1.54) is 15.6 Å². The fourth-order valence-electron chi connectivity index (χ4n) is 1.89. The Morgan fingerprint density at radius 3 is 2.40 bits per heavy atom. The second-order valence-electron chi connectivity index (χ2n) is 4.27. The van der Waals surface area contributed by atoms with Crippen LogP contribution in [0.3, 0.4) is 0 Å². The lowest BCUT2D eigenvalue weighted by atomic mass is 9.77. The van der Waals surface area contributed by atoms with Crippen molar-refractivity contribution in [2.75, 3.05) is 6.61 Å². The number of aliphatic hydroxyl groups excluding tert-OH is 1. The summed E-state index contributed by atoms with van der Waals surface area (Å²) in [5, 5.41) is 12.8. The van der Waals surface area contributed by atoms with Gasteiger partial charge in [0.2, 0.25) is 0 Å². The van der Waals surface area contributed by atoms with Gasteiger partial charge in [-0.05, 0) is 59.5 Å². The van der Waals surface area contributed by atoms with Crippen LogP contribution in [-0.2, 0) is 6.54 Å². The molecule has 2 N–H and O–H groups in total. The third kappa shape index (κ3) is 2.71. The summed E-state index contributed by atoms with van der Waals surface area (Å²) in [7, 11) is 0. The van der Waals surface area contributed by atoms with Crippen LogP contribution < -0.4 is 5.32 Å². The molecule has 1 aliphatic rings. The molecule has 1 saturated carbocycles. The van der Waals surface area contributed by atoms with Gasteiger partial charge in [-0.25, -0.2) is 0 Å². The first kappa shape index (κ1) is 11.4. The molecule has 15 heavy (non-hydrogen) atoms. The molecule has 1 aromatic rings. The Morgan fingerprint density at radius 1 is 1.27 bits per heavy atom. The lowest BCUT2D eigenvalue weighted by Crippen LogP contribution is -2.53. The molecule has 0 aromatic heterocycles. The highest BCUT2D eigenvalue weighted by atomic mass is 127. The second kappa shape index (κ2) is 4.80. The van der Waals surface area contributed by atoms with Gasteiger partial charge in [-0.2, -0.15) is 0 Å². The topological polar surface area (TPSA) is 32.3 Å². The summed E-state index contributed by atoms with van der Waals surface area (Å²) in [6.45, 7) is 1.12. The Bertz CT molecular complexity index is 313. The summed E-state index contributed by atoms with van der Waals surface area (Å²) in [6, 6.07) is 8.50. The number of hydrogen-bond donors (Lipinski definition) is 2. The van der Waals surface area contributed by atoms with Gasteiger partial charge < -0.3 is 10.4 Å². The lowest BCUT2D eigenvalue weighted by molar-refractivity contribution is 0.0872. The van der Waals surface area contributed by atoms with Crippen LogP contribution in [0.25, 0.3) is 0 Å². The van der Waals surface area contributed by atoms with E-state index in [1.54, 1.807) is 0 Å². The maximum Gasteiger partial charge on any atom is 0.0613 e. The minimum atomic E-state index is 0.0169. The van der Waals surface area contributed by atoms with Crippen molar-refractivity contribution >= 4 is 22.6 Å². The fourth-order valence-corrected chi connectivity index (χ4v) is 2.25. The molecule has 2 rings (SSSR count). The minimum Gasteiger partial charge on any atom is -0.394 e. The van der Waals surface area contributed by atoms with Gasteiger partial charge in [-0.15, -0.1) is 0 Å².